The summed E-state index contributed by atoms with van der Waals surface area (Å²) in [4.78, 5) is 19.1. The van der Waals surface area contributed by atoms with Crippen LogP contribution >= 0.6 is 0 Å². The Hall–Kier alpha value is -2.62. The highest BCUT2D eigenvalue weighted by Crippen LogP contribution is 2.22. The molecular formula is C24H29N3O. The molecule has 4 nitrogen and oxygen atoms in total. The van der Waals surface area contributed by atoms with Crippen LogP contribution in [-0.4, -0.2) is 42.8 Å². The summed E-state index contributed by atoms with van der Waals surface area (Å²) in [5.74, 6) is 1.98. The predicted octanol–water partition coefficient (Wildman–Crippen LogP) is 3.45. The van der Waals surface area contributed by atoms with Gasteiger partial charge < -0.3 is 10.2 Å². The number of amides is 1. The fourth-order valence-corrected chi connectivity index (χ4v) is 4.16. The van der Waals surface area contributed by atoms with E-state index in [9.17, 15) is 4.79 Å². The molecule has 0 unspecified atom stereocenters. The first-order valence-corrected chi connectivity index (χ1v) is 10.5. The number of piperidine rings is 1. The highest BCUT2D eigenvalue weighted by molar-refractivity contribution is 5.99. The molecule has 2 heterocycles. The van der Waals surface area contributed by atoms with Gasteiger partial charge in [0.1, 0.15) is 5.84 Å². The largest absolute Gasteiger partial charge is 0.368 e. The van der Waals surface area contributed by atoms with Crippen molar-refractivity contribution in [3.63, 3.8) is 0 Å². The van der Waals surface area contributed by atoms with Crippen LogP contribution < -0.4 is 5.32 Å². The summed E-state index contributed by atoms with van der Waals surface area (Å²) in [6.07, 6.45) is 4.77. The number of amidine groups is 1. The molecular weight excluding hydrogens is 346 g/mol. The molecule has 4 rings (SSSR count). The molecule has 28 heavy (non-hydrogen) atoms. The number of nitrogens with one attached hydrogen (secondary N) is 1. The van der Waals surface area contributed by atoms with Crippen molar-refractivity contribution in [2.45, 2.75) is 32.1 Å². The topological polar surface area (TPSA) is 44.7 Å². The van der Waals surface area contributed by atoms with Crippen molar-refractivity contribution in [1.29, 1.82) is 0 Å². The zero-order chi connectivity index (χ0) is 19.2. The van der Waals surface area contributed by atoms with Crippen LogP contribution in [0.2, 0.25) is 0 Å². The van der Waals surface area contributed by atoms with Gasteiger partial charge in [-0.25, -0.2) is 0 Å². The summed E-state index contributed by atoms with van der Waals surface area (Å²) in [6, 6.07) is 19.2. The van der Waals surface area contributed by atoms with Gasteiger partial charge in [0.05, 0.1) is 6.54 Å². The zero-order valence-electron chi connectivity index (χ0n) is 16.4. The van der Waals surface area contributed by atoms with Crippen molar-refractivity contribution < 1.29 is 4.79 Å². The molecule has 4 heteroatoms. The Morgan fingerprint density at radius 2 is 1.75 bits per heavy atom. The molecule has 0 radical (unpaired) electrons. The van der Waals surface area contributed by atoms with Crippen molar-refractivity contribution in [2.75, 3.05) is 26.2 Å². The Kier molecular flexibility index (Phi) is 6.05. The van der Waals surface area contributed by atoms with Crippen LogP contribution in [0.5, 0.6) is 0 Å². The van der Waals surface area contributed by atoms with E-state index < -0.39 is 0 Å². The van der Waals surface area contributed by atoms with E-state index in [0.717, 1.165) is 63.3 Å². The third-order valence-corrected chi connectivity index (χ3v) is 5.86. The minimum atomic E-state index is 0.295. The first kappa shape index (κ1) is 18.7. The van der Waals surface area contributed by atoms with Gasteiger partial charge in [0, 0.05) is 31.6 Å². The smallest absolute Gasteiger partial charge is 0.222 e. The summed E-state index contributed by atoms with van der Waals surface area (Å²) in [5, 5.41) is 3.29. The Morgan fingerprint density at radius 1 is 1.00 bits per heavy atom. The number of carbonyl (C=O) groups excluding carboxylic acids is 1. The SMILES string of the molecule is O=C(CCc1ccc(C2=NCCN2)cc1)N1CCC(Cc2ccccc2)CC1. The van der Waals surface area contributed by atoms with Gasteiger partial charge >= 0.3 is 0 Å². The lowest BCUT2D eigenvalue weighted by Gasteiger charge is -2.32. The minimum absolute atomic E-state index is 0.295. The first-order valence-electron chi connectivity index (χ1n) is 10.5. The third-order valence-electron chi connectivity index (χ3n) is 5.86. The van der Waals surface area contributed by atoms with E-state index >= 15 is 0 Å². The van der Waals surface area contributed by atoms with Crippen molar-refractivity contribution in [2.24, 2.45) is 10.9 Å². The first-order chi connectivity index (χ1) is 13.8. The normalized spacial score (nSPS) is 17.3. The van der Waals surface area contributed by atoms with Crippen LogP contribution in [0.3, 0.4) is 0 Å². The predicted molar refractivity (Wildman–Crippen MR) is 114 cm³/mol. The van der Waals surface area contributed by atoms with Gasteiger partial charge in [-0.3, -0.25) is 9.79 Å². The second-order valence-electron chi connectivity index (χ2n) is 7.87. The lowest BCUT2D eigenvalue weighted by Crippen LogP contribution is -2.39. The second-order valence-corrected chi connectivity index (χ2v) is 7.87. The van der Waals surface area contributed by atoms with E-state index in [4.69, 9.17) is 0 Å². The summed E-state index contributed by atoms with van der Waals surface area (Å²) in [7, 11) is 0. The average molecular weight is 376 g/mol. The van der Waals surface area contributed by atoms with Crippen LogP contribution in [0.1, 0.15) is 36.0 Å². The van der Waals surface area contributed by atoms with Gasteiger partial charge in [0.25, 0.3) is 0 Å². The van der Waals surface area contributed by atoms with Crippen molar-refractivity contribution in [1.82, 2.24) is 10.2 Å². The maximum absolute atomic E-state index is 12.6. The van der Waals surface area contributed by atoms with E-state index in [-0.39, 0.29) is 0 Å². The molecule has 2 aromatic rings. The average Bonchev–Trinajstić information content (AvgIpc) is 3.29. The molecule has 0 spiro atoms. The van der Waals surface area contributed by atoms with E-state index in [0.29, 0.717) is 18.2 Å². The van der Waals surface area contributed by atoms with Gasteiger partial charge in [-0.05, 0) is 42.7 Å². The number of aliphatic imine (C=N–C) groups is 1. The van der Waals surface area contributed by atoms with Crippen LogP contribution in [0.4, 0.5) is 0 Å². The summed E-state index contributed by atoms with van der Waals surface area (Å²) < 4.78 is 0. The maximum atomic E-state index is 12.6. The molecule has 0 saturated carbocycles. The van der Waals surface area contributed by atoms with E-state index in [1.807, 2.05) is 0 Å². The van der Waals surface area contributed by atoms with Crippen LogP contribution in [0, 0.1) is 5.92 Å². The van der Waals surface area contributed by atoms with E-state index in [2.05, 4.69) is 69.8 Å². The Balaban J connectivity index is 1.21. The number of likely N-dealkylation sites (tertiary alicyclic amines) is 1. The number of benzene rings is 2. The van der Waals surface area contributed by atoms with Gasteiger partial charge in [-0.15, -0.1) is 0 Å². The van der Waals surface area contributed by atoms with Crippen LogP contribution in [-0.2, 0) is 17.6 Å². The molecule has 2 aliphatic heterocycles. The third kappa shape index (κ3) is 4.80. The summed E-state index contributed by atoms with van der Waals surface area (Å²) >= 11 is 0. The van der Waals surface area contributed by atoms with Gasteiger partial charge in [-0.1, -0.05) is 54.6 Å². The fraction of sp³-hybridized carbons (Fsp3) is 0.417. The molecule has 1 N–H and O–H groups in total. The Bertz CT molecular complexity index is 806. The van der Waals surface area contributed by atoms with Crippen molar-refractivity contribution in [3.05, 3.63) is 71.3 Å². The van der Waals surface area contributed by atoms with Gasteiger partial charge in [0.2, 0.25) is 5.91 Å². The number of hydrogen-bond acceptors (Lipinski definition) is 3. The summed E-state index contributed by atoms with van der Waals surface area (Å²) in [5.41, 5.74) is 3.76. The molecule has 0 bridgehead atoms. The van der Waals surface area contributed by atoms with E-state index in [1.54, 1.807) is 0 Å². The monoisotopic (exact) mass is 375 g/mol. The molecule has 2 aromatic carbocycles. The van der Waals surface area contributed by atoms with Crippen LogP contribution in [0.15, 0.2) is 59.6 Å². The molecule has 1 saturated heterocycles. The lowest BCUT2D eigenvalue weighted by molar-refractivity contribution is -0.132. The molecule has 1 amide bonds. The quantitative estimate of drug-likeness (QED) is 0.840. The number of nitrogens with zero attached hydrogens (tertiary/aromatic N) is 2. The molecule has 2 aliphatic rings. The zero-order valence-corrected chi connectivity index (χ0v) is 16.4. The van der Waals surface area contributed by atoms with Crippen molar-refractivity contribution >= 4 is 11.7 Å². The molecule has 1 fully saturated rings. The second kappa shape index (κ2) is 9.05. The Morgan fingerprint density at radius 3 is 2.43 bits per heavy atom. The number of hydrogen-bond donors (Lipinski definition) is 1. The van der Waals surface area contributed by atoms with Crippen LogP contribution in [0.25, 0.3) is 0 Å². The fourth-order valence-electron chi connectivity index (χ4n) is 4.16. The minimum Gasteiger partial charge on any atom is -0.368 e. The number of carbonyl (C=O) groups is 1. The van der Waals surface area contributed by atoms with Gasteiger partial charge in [-0.2, -0.15) is 0 Å². The highest BCUT2D eigenvalue weighted by atomic mass is 16.2. The van der Waals surface area contributed by atoms with Gasteiger partial charge in [0.15, 0.2) is 0 Å². The standard InChI is InChI=1S/C24H29N3O/c28-23(11-8-19-6-9-22(10-7-19)24-25-14-15-26-24)27-16-12-21(13-17-27)18-20-4-2-1-3-5-20/h1-7,9-10,21H,8,11-18H2,(H,25,26). The molecule has 0 aromatic heterocycles. The highest BCUT2D eigenvalue weighted by Gasteiger charge is 2.22. The Labute approximate surface area is 167 Å². The number of rotatable bonds is 6. The molecule has 0 atom stereocenters. The summed E-state index contributed by atoms with van der Waals surface area (Å²) in [6.45, 7) is 3.59. The maximum Gasteiger partial charge on any atom is 0.222 e. The molecule has 0 aliphatic carbocycles. The number of aryl methyl sites for hydroxylation is 1. The lowest BCUT2D eigenvalue weighted by atomic mass is 9.90. The molecule has 146 valence electrons. The van der Waals surface area contributed by atoms with E-state index in [1.165, 1.54) is 11.1 Å². The van der Waals surface area contributed by atoms with Crippen molar-refractivity contribution in [3.8, 4) is 0 Å².